The molecule has 0 amide bonds. The summed E-state index contributed by atoms with van der Waals surface area (Å²) in [7, 11) is 0. The van der Waals surface area contributed by atoms with Crippen LogP contribution in [0.4, 0.5) is 13.2 Å². The first-order valence-corrected chi connectivity index (χ1v) is 6.08. The Morgan fingerprint density at radius 2 is 2.00 bits per heavy atom. The van der Waals surface area contributed by atoms with Gasteiger partial charge in [0, 0.05) is 0 Å². The fraction of sp³-hybridized carbons (Fsp3) is 0.538. The first-order valence-electron chi connectivity index (χ1n) is 6.08. The molecule has 0 bridgehead atoms. The molecule has 0 aliphatic carbocycles. The second-order valence-corrected chi connectivity index (χ2v) is 4.42. The second-order valence-electron chi connectivity index (χ2n) is 4.42. The maximum Gasteiger partial charge on any atom is 0.272 e. The van der Waals surface area contributed by atoms with E-state index in [1.165, 1.54) is 6.07 Å². The van der Waals surface area contributed by atoms with E-state index in [0.29, 0.717) is 5.92 Å². The van der Waals surface area contributed by atoms with E-state index < -0.39 is 18.8 Å². The number of nitrogens with one attached hydrogen (secondary N) is 1. The van der Waals surface area contributed by atoms with E-state index in [0.717, 1.165) is 31.5 Å². The van der Waals surface area contributed by atoms with Crippen molar-refractivity contribution >= 4 is 0 Å². The highest BCUT2D eigenvalue weighted by Gasteiger charge is 2.17. The number of alkyl halides is 2. The van der Waals surface area contributed by atoms with Crippen LogP contribution in [0.2, 0.25) is 0 Å². The van der Waals surface area contributed by atoms with Gasteiger partial charge in [0.2, 0.25) is 0 Å². The summed E-state index contributed by atoms with van der Waals surface area (Å²) >= 11 is 0. The van der Waals surface area contributed by atoms with Crippen molar-refractivity contribution in [2.45, 2.75) is 25.2 Å². The molecule has 1 aromatic carbocycles. The topological polar surface area (TPSA) is 21.3 Å². The predicted molar refractivity (Wildman–Crippen MR) is 62.7 cm³/mol. The van der Waals surface area contributed by atoms with Gasteiger partial charge in [-0.1, -0.05) is 6.07 Å². The minimum atomic E-state index is -2.59. The third-order valence-corrected chi connectivity index (χ3v) is 3.13. The van der Waals surface area contributed by atoms with E-state index >= 15 is 0 Å². The first kappa shape index (κ1) is 13.2. The molecule has 1 aromatic rings. The molecule has 0 atom stereocenters. The average molecular weight is 259 g/mol. The monoisotopic (exact) mass is 259 g/mol. The largest absolute Gasteiger partial charge is 0.485 e. The molecule has 2 nitrogen and oxygen atoms in total. The number of piperidine rings is 1. The van der Waals surface area contributed by atoms with Crippen LogP contribution in [0.3, 0.4) is 0 Å². The van der Waals surface area contributed by atoms with E-state index in [4.69, 9.17) is 4.74 Å². The van der Waals surface area contributed by atoms with Crippen LogP contribution < -0.4 is 10.1 Å². The van der Waals surface area contributed by atoms with E-state index in [-0.39, 0.29) is 5.75 Å². The van der Waals surface area contributed by atoms with Gasteiger partial charge >= 0.3 is 0 Å². The molecule has 18 heavy (non-hydrogen) atoms. The van der Waals surface area contributed by atoms with Gasteiger partial charge in [0.25, 0.3) is 6.43 Å². The lowest BCUT2D eigenvalue weighted by molar-refractivity contribution is 0.0798. The fourth-order valence-corrected chi connectivity index (χ4v) is 2.19. The highest BCUT2D eigenvalue weighted by molar-refractivity contribution is 5.32. The lowest BCUT2D eigenvalue weighted by Gasteiger charge is -2.23. The van der Waals surface area contributed by atoms with Crippen molar-refractivity contribution in [1.82, 2.24) is 5.32 Å². The molecule has 1 fully saturated rings. The predicted octanol–water partition coefficient (Wildman–Crippen LogP) is 2.94. The smallest absolute Gasteiger partial charge is 0.272 e. The zero-order chi connectivity index (χ0) is 13.0. The molecular formula is C13H16F3NO. The van der Waals surface area contributed by atoms with Crippen molar-refractivity contribution in [3.63, 3.8) is 0 Å². The Kier molecular flexibility index (Phi) is 4.47. The molecule has 1 aliphatic rings. The second kappa shape index (κ2) is 6.09. The molecule has 0 radical (unpaired) electrons. The van der Waals surface area contributed by atoms with Crippen molar-refractivity contribution in [1.29, 1.82) is 0 Å². The molecule has 0 unspecified atom stereocenters. The molecule has 5 heteroatoms. The summed E-state index contributed by atoms with van der Waals surface area (Å²) in [6.07, 6.45) is -0.647. The van der Waals surface area contributed by atoms with Gasteiger partial charge in [-0.3, -0.25) is 0 Å². The summed E-state index contributed by atoms with van der Waals surface area (Å²) in [5, 5.41) is 3.25. The van der Waals surface area contributed by atoms with Gasteiger partial charge < -0.3 is 10.1 Å². The molecule has 1 N–H and O–H groups in total. The highest BCUT2D eigenvalue weighted by atomic mass is 19.3. The molecular weight excluding hydrogens is 243 g/mol. The van der Waals surface area contributed by atoms with Crippen LogP contribution in [0.15, 0.2) is 18.2 Å². The van der Waals surface area contributed by atoms with E-state index in [9.17, 15) is 13.2 Å². The van der Waals surface area contributed by atoms with Gasteiger partial charge in [-0.15, -0.1) is 0 Å². The molecule has 0 spiro atoms. The van der Waals surface area contributed by atoms with Gasteiger partial charge in [-0.25, -0.2) is 13.2 Å². The third-order valence-electron chi connectivity index (χ3n) is 3.13. The Balaban J connectivity index is 2.09. The number of benzene rings is 1. The summed E-state index contributed by atoms with van der Waals surface area (Å²) < 4.78 is 42.3. The van der Waals surface area contributed by atoms with Crippen molar-refractivity contribution in [2.24, 2.45) is 0 Å². The zero-order valence-corrected chi connectivity index (χ0v) is 9.96. The first-order chi connectivity index (χ1) is 8.66. The van der Waals surface area contributed by atoms with Crippen molar-refractivity contribution in [2.75, 3.05) is 19.7 Å². The molecule has 0 aromatic heterocycles. The Morgan fingerprint density at radius 1 is 1.28 bits per heavy atom. The third kappa shape index (κ3) is 3.38. The maximum atomic E-state index is 13.4. The lowest BCUT2D eigenvalue weighted by atomic mass is 9.90. The molecule has 0 saturated carbocycles. The van der Waals surface area contributed by atoms with Crippen LogP contribution in [0.1, 0.15) is 24.3 Å². The van der Waals surface area contributed by atoms with E-state index in [1.807, 2.05) is 0 Å². The standard InChI is InChI=1S/C13H16F3NO/c14-11-2-1-10(9-3-5-17-6-4-9)7-12(11)18-8-13(15)16/h1-2,7,9,13,17H,3-6,8H2. The van der Waals surface area contributed by atoms with Gasteiger partial charge in [-0.05, 0) is 49.5 Å². The SMILES string of the molecule is Fc1ccc(C2CCNCC2)cc1OCC(F)F. The van der Waals surface area contributed by atoms with Crippen molar-refractivity contribution in [3.8, 4) is 5.75 Å². The maximum absolute atomic E-state index is 13.4. The Labute approximate surface area is 104 Å². The van der Waals surface area contributed by atoms with Crippen molar-refractivity contribution < 1.29 is 17.9 Å². The normalized spacial score (nSPS) is 17.1. The fourth-order valence-electron chi connectivity index (χ4n) is 2.19. The average Bonchev–Trinajstić information content (AvgIpc) is 2.38. The van der Waals surface area contributed by atoms with Crippen molar-refractivity contribution in [3.05, 3.63) is 29.6 Å². The summed E-state index contributed by atoms with van der Waals surface area (Å²) in [5.74, 6) is -0.319. The van der Waals surface area contributed by atoms with Gasteiger partial charge in [-0.2, -0.15) is 0 Å². The van der Waals surface area contributed by atoms with E-state index in [2.05, 4.69) is 5.32 Å². The van der Waals surface area contributed by atoms with Gasteiger partial charge in [0.15, 0.2) is 11.6 Å². The lowest BCUT2D eigenvalue weighted by Crippen LogP contribution is -2.26. The summed E-state index contributed by atoms with van der Waals surface area (Å²) in [4.78, 5) is 0. The van der Waals surface area contributed by atoms with Crippen LogP contribution in [0.5, 0.6) is 5.75 Å². The Hall–Kier alpha value is -1.23. The van der Waals surface area contributed by atoms with Crippen LogP contribution in [0, 0.1) is 5.82 Å². The highest BCUT2D eigenvalue weighted by Crippen LogP contribution is 2.29. The summed E-state index contributed by atoms with van der Waals surface area (Å²) in [6.45, 7) is 1.08. The van der Waals surface area contributed by atoms with Gasteiger partial charge in [0.1, 0.15) is 6.61 Å². The molecule has 2 rings (SSSR count). The summed E-state index contributed by atoms with van der Waals surface area (Å²) in [6, 6.07) is 4.55. The number of ether oxygens (including phenoxy) is 1. The number of halogens is 3. The zero-order valence-electron chi connectivity index (χ0n) is 9.96. The minimum Gasteiger partial charge on any atom is -0.485 e. The van der Waals surface area contributed by atoms with Crippen LogP contribution in [-0.4, -0.2) is 26.1 Å². The van der Waals surface area contributed by atoms with Crippen LogP contribution >= 0.6 is 0 Å². The number of hydrogen-bond acceptors (Lipinski definition) is 2. The van der Waals surface area contributed by atoms with Crippen LogP contribution in [0.25, 0.3) is 0 Å². The quantitative estimate of drug-likeness (QED) is 0.897. The molecule has 1 heterocycles. The molecule has 100 valence electrons. The van der Waals surface area contributed by atoms with E-state index in [1.54, 1.807) is 12.1 Å². The number of hydrogen-bond donors (Lipinski definition) is 1. The molecule has 1 saturated heterocycles. The van der Waals surface area contributed by atoms with Gasteiger partial charge in [0.05, 0.1) is 0 Å². The number of rotatable bonds is 4. The Bertz CT molecular complexity index is 392. The van der Waals surface area contributed by atoms with Crippen LogP contribution in [-0.2, 0) is 0 Å². The summed E-state index contributed by atoms with van der Waals surface area (Å²) in [5.41, 5.74) is 0.960. The Morgan fingerprint density at radius 3 is 2.67 bits per heavy atom. The molecule has 1 aliphatic heterocycles. The minimum absolute atomic E-state index is 0.0775.